The number of urea groups is 1. The van der Waals surface area contributed by atoms with E-state index in [-0.39, 0.29) is 37.0 Å². The minimum absolute atomic E-state index is 0.0724. The molecule has 4 aromatic rings. The predicted molar refractivity (Wildman–Crippen MR) is 137 cm³/mol. The first-order chi connectivity index (χ1) is 19.6. The fraction of sp³-hybridized carbons (Fsp3) is 0.192. The number of amides is 2. The number of pyridine rings is 1. The lowest BCUT2D eigenvalue weighted by Crippen LogP contribution is -2.64. The van der Waals surface area contributed by atoms with Crippen molar-refractivity contribution in [3.8, 4) is 5.75 Å². The summed E-state index contributed by atoms with van der Waals surface area (Å²) < 4.78 is 58.3. The van der Waals surface area contributed by atoms with Crippen molar-refractivity contribution < 1.29 is 41.8 Å². The maximum absolute atomic E-state index is 13.6. The lowest BCUT2D eigenvalue weighted by molar-refractivity contribution is -0.755. The topological polar surface area (TPSA) is 138 Å². The van der Waals surface area contributed by atoms with Gasteiger partial charge in [0.15, 0.2) is 5.60 Å². The zero-order valence-corrected chi connectivity index (χ0v) is 21.6. The first-order valence-electron chi connectivity index (χ1n) is 11.9. The van der Waals surface area contributed by atoms with Crippen LogP contribution < -0.4 is 25.2 Å². The van der Waals surface area contributed by atoms with Gasteiger partial charge in [-0.15, -0.1) is 0 Å². The Hall–Kier alpha value is -4.69. The summed E-state index contributed by atoms with van der Waals surface area (Å²) >= 11 is 5.88. The first-order valence-corrected chi connectivity index (χ1v) is 12.3. The van der Waals surface area contributed by atoms with E-state index in [1.807, 2.05) is 0 Å². The standard InChI is InChI=1S/C26H20ClF3N6O5/c27-17-4-6-21(7-5-17)40-25(14-39-15-25)23(37)32-19-9-16(26(28,29)30)10-20(11-19)33-24(38)34-22-13-36(35-41-22)12-18-3-1-2-8-31-18/h1-11,13H,12,14-15H2,(H2-,32,33,34,35,37,38). The van der Waals surface area contributed by atoms with Crippen LogP contribution in [0.15, 0.2) is 82.6 Å². The van der Waals surface area contributed by atoms with Crippen molar-refractivity contribution in [2.24, 2.45) is 4.99 Å². The molecule has 2 aromatic heterocycles. The highest BCUT2D eigenvalue weighted by molar-refractivity contribution is 6.30. The van der Waals surface area contributed by atoms with Gasteiger partial charge in [-0.1, -0.05) is 17.7 Å². The number of aliphatic imine (C=N–C) groups is 1. The summed E-state index contributed by atoms with van der Waals surface area (Å²) in [4.78, 5) is 20.5. The van der Waals surface area contributed by atoms with E-state index >= 15 is 0 Å². The molecule has 0 spiro atoms. The number of ether oxygens (including phenoxy) is 2. The van der Waals surface area contributed by atoms with E-state index in [0.717, 1.165) is 6.07 Å². The van der Waals surface area contributed by atoms with Gasteiger partial charge in [-0.25, -0.2) is 4.79 Å². The number of halogens is 4. The number of hydrogen-bond donors (Lipinski definition) is 2. The minimum Gasteiger partial charge on any atom is -0.859 e. The molecule has 11 nitrogen and oxygen atoms in total. The average molecular weight is 589 g/mol. The van der Waals surface area contributed by atoms with E-state index in [1.54, 1.807) is 36.5 Å². The maximum Gasteiger partial charge on any atom is 0.416 e. The van der Waals surface area contributed by atoms with E-state index in [1.165, 1.54) is 23.0 Å². The van der Waals surface area contributed by atoms with Crippen molar-refractivity contribution in [1.82, 2.24) is 10.3 Å². The molecule has 0 unspecified atom stereocenters. The van der Waals surface area contributed by atoms with Gasteiger partial charge < -0.3 is 19.9 Å². The van der Waals surface area contributed by atoms with Crippen LogP contribution in [0.25, 0.3) is 0 Å². The number of carbonyl (C=O) groups excluding carboxylic acids is 1. The zero-order valence-electron chi connectivity index (χ0n) is 20.9. The van der Waals surface area contributed by atoms with Crippen LogP contribution >= 0.6 is 11.6 Å². The van der Waals surface area contributed by atoms with Crippen molar-refractivity contribution in [2.45, 2.75) is 18.3 Å². The Morgan fingerprint density at radius 1 is 1.15 bits per heavy atom. The first kappa shape index (κ1) is 27.9. The van der Waals surface area contributed by atoms with Gasteiger partial charge in [-0.05, 0) is 59.3 Å². The number of nitrogens with zero attached hydrogens (tertiary/aromatic N) is 4. The summed E-state index contributed by atoms with van der Waals surface area (Å²) in [6.45, 7) is -0.0433. The summed E-state index contributed by atoms with van der Waals surface area (Å²) in [7, 11) is 0. The van der Waals surface area contributed by atoms with Crippen LogP contribution in [0.1, 0.15) is 11.3 Å². The third-order valence-corrected chi connectivity index (χ3v) is 5.97. The quantitative estimate of drug-likeness (QED) is 0.180. The van der Waals surface area contributed by atoms with Crippen LogP contribution in [0.2, 0.25) is 5.02 Å². The van der Waals surface area contributed by atoms with E-state index in [0.29, 0.717) is 28.6 Å². The second kappa shape index (κ2) is 11.4. The summed E-state index contributed by atoms with van der Waals surface area (Å²) in [6, 6.07) is 13.1. The molecule has 1 saturated heterocycles. The highest BCUT2D eigenvalue weighted by atomic mass is 35.5. The summed E-state index contributed by atoms with van der Waals surface area (Å²) in [5, 5.41) is 21.9. The van der Waals surface area contributed by atoms with Crippen molar-refractivity contribution in [3.05, 3.63) is 89.3 Å². The van der Waals surface area contributed by atoms with E-state index in [9.17, 15) is 23.1 Å². The number of aromatic nitrogens is 3. The number of benzene rings is 2. The Balaban J connectivity index is 1.32. The average Bonchev–Trinajstić information content (AvgIpc) is 3.33. The Kier molecular flexibility index (Phi) is 7.77. The molecule has 41 heavy (non-hydrogen) atoms. The number of alkyl halides is 3. The molecule has 1 aliphatic rings. The Labute approximate surface area is 235 Å². The van der Waals surface area contributed by atoms with Crippen LogP contribution in [0, 0.1) is 0 Å². The van der Waals surface area contributed by atoms with Gasteiger partial charge in [0.2, 0.25) is 11.8 Å². The molecule has 1 fully saturated rings. The van der Waals surface area contributed by atoms with E-state index in [4.69, 9.17) is 25.6 Å². The van der Waals surface area contributed by atoms with Crippen LogP contribution in [-0.4, -0.2) is 41.0 Å². The van der Waals surface area contributed by atoms with Crippen molar-refractivity contribution in [3.63, 3.8) is 0 Å². The van der Waals surface area contributed by atoms with Crippen molar-refractivity contribution in [1.29, 1.82) is 0 Å². The number of anilines is 2. The highest BCUT2D eigenvalue weighted by Crippen LogP contribution is 2.35. The Morgan fingerprint density at radius 3 is 2.59 bits per heavy atom. The third-order valence-electron chi connectivity index (χ3n) is 5.72. The Bertz CT molecular complexity index is 1560. The molecule has 2 N–H and O–H groups in total. The monoisotopic (exact) mass is 588 g/mol. The van der Waals surface area contributed by atoms with Gasteiger partial charge in [0, 0.05) is 22.8 Å². The molecule has 0 atom stereocenters. The molecule has 2 amide bonds. The van der Waals surface area contributed by atoms with Gasteiger partial charge in [0.25, 0.3) is 6.20 Å². The highest BCUT2D eigenvalue weighted by Gasteiger charge is 2.42. The fourth-order valence-corrected chi connectivity index (χ4v) is 3.84. The molecule has 0 saturated carbocycles. The van der Waals surface area contributed by atoms with Gasteiger partial charge in [0.1, 0.15) is 11.4 Å². The van der Waals surface area contributed by atoms with Crippen LogP contribution in [-0.2, 0) is 17.5 Å². The molecular weight excluding hydrogens is 569 g/mol. The summed E-state index contributed by atoms with van der Waals surface area (Å²) in [5.74, 6) is -0.623. The molecule has 212 valence electrons. The normalized spacial score (nSPS) is 14.7. The molecule has 0 bridgehead atoms. The fourth-order valence-electron chi connectivity index (χ4n) is 3.71. The van der Waals surface area contributed by atoms with Crippen LogP contribution in [0.5, 0.6) is 5.75 Å². The summed E-state index contributed by atoms with van der Waals surface area (Å²) in [6.07, 6.45) is -1.81. The van der Waals surface area contributed by atoms with E-state index in [2.05, 4.69) is 25.9 Å². The molecule has 5 rings (SSSR count). The number of carbonyl (C=O) groups is 1. The molecule has 3 heterocycles. The lowest BCUT2D eigenvalue weighted by Gasteiger charge is -2.44. The minimum atomic E-state index is -4.79. The smallest absolute Gasteiger partial charge is 0.416 e. The second-order valence-corrected chi connectivity index (χ2v) is 9.33. The maximum atomic E-state index is 13.6. The van der Waals surface area contributed by atoms with Gasteiger partial charge in [-0.3, -0.25) is 19.8 Å². The molecule has 0 radical (unpaired) electrons. The second-order valence-electron chi connectivity index (χ2n) is 8.89. The van der Waals surface area contributed by atoms with Gasteiger partial charge >= 0.3 is 18.1 Å². The van der Waals surface area contributed by atoms with Crippen molar-refractivity contribution >= 4 is 40.8 Å². The number of hydrogen-bond acceptors (Lipinski definition) is 8. The van der Waals surface area contributed by atoms with Gasteiger partial charge in [0.05, 0.1) is 24.5 Å². The van der Waals surface area contributed by atoms with E-state index < -0.39 is 29.3 Å². The lowest BCUT2D eigenvalue weighted by atomic mass is 10.0. The molecule has 2 aromatic carbocycles. The molecular formula is C26H20ClF3N6O5. The number of rotatable bonds is 8. The van der Waals surface area contributed by atoms with Crippen LogP contribution in [0.3, 0.4) is 0 Å². The zero-order chi connectivity index (χ0) is 29.0. The van der Waals surface area contributed by atoms with Crippen molar-refractivity contribution in [2.75, 3.05) is 23.8 Å². The van der Waals surface area contributed by atoms with Crippen LogP contribution in [0.4, 0.5) is 35.2 Å². The predicted octanol–water partition coefficient (Wildman–Crippen LogP) is 3.96. The third kappa shape index (κ3) is 6.91. The molecule has 15 heteroatoms. The largest absolute Gasteiger partial charge is 0.859 e. The Morgan fingerprint density at radius 2 is 1.93 bits per heavy atom. The SMILES string of the molecule is O=C(Nc1cc(N=C([O-])C2(Oc3ccc(Cl)cc3)COC2)cc(C(F)(F)F)c1)Nc1c[n+](Cc2ccccn2)no1. The van der Waals surface area contributed by atoms with Gasteiger partial charge in [-0.2, -0.15) is 13.2 Å². The molecule has 0 aliphatic carbocycles. The molecule has 1 aliphatic heterocycles. The summed E-state index contributed by atoms with van der Waals surface area (Å²) in [5.41, 5.74) is -2.59. The number of nitrogens with one attached hydrogen (secondary N) is 2.